The average molecular weight is 921 g/mol. The molecule has 0 saturated heterocycles. The molecular formula is C60H104O6. The standard InChI is InChI=1S/C60H104O6/c1-4-7-10-13-16-19-22-25-28-29-30-31-33-35-38-41-44-47-50-53-59(62)65-56-57(55-64-58(61)52-49-46-43-40-37-34-27-24-21-18-15-12-9-6-3)66-60(63)54-51-48-45-42-39-36-32-26-23-20-17-14-11-8-5-2/h9,12,16,18-23,25,27,34,57H,4-8,10-11,13-15,17,24,26,28-33,35-56H2,1-3H3/b12-9-,19-16-,21-18-,23-20-,25-22-,34-27-. The van der Waals surface area contributed by atoms with E-state index in [-0.39, 0.29) is 31.1 Å². The molecule has 0 aromatic rings. The van der Waals surface area contributed by atoms with Crippen LogP contribution in [0.3, 0.4) is 0 Å². The summed E-state index contributed by atoms with van der Waals surface area (Å²) in [7, 11) is 0. The van der Waals surface area contributed by atoms with Crippen molar-refractivity contribution in [3.63, 3.8) is 0 Å². The van der Waals surface area contributed by atoms with E-state index in [0.29, 0.717) is 19.3 Å². The minimum Gasteiger partial charge on any atom is -0.462 e. The Morgan fingerprint density at radius 3 is 1.06 bits per heavy atom. The Kier molecular flexibility index (Phi) is 51.9. The molecule has 0 saturated carbocycles. The molecule has 0 fully saturated rings. The summed E-state index contributed by atoms with van der Waals surface area (Å²) in [6.45, 7) is 6.47. The molecule has 0 aliphatic rings. The predicted molar refractivity (Wildman–Crippen MR) is 284 cm³/mol. The SMILES string of the molecule is CC/C=C\C/C=C\C/C=C\CCCCCCC(=O)OCC(COC(=O)CCCCCCCCCCCC/C=C\C=C/CCCCC)OC(=O)CCCCCCCCC/C=C\CCCCCC. The van der Waals surface area contributed by atoms with Crippen LogP contribution in [0.4, 0.5) is 0 Å². The third kappa shape index (κ3) is 51.8. The van der Waals surface area contributed by atoms with Crippen LogP contribution in [0, 0.1) is 0 Å². The third-order valence-corrected chi connectivity index (χ3v) is 11.9. The van der Waals surface area contributed by atoms with Crippen LogP contribution in [-0.2, 0) is 28.6 Å². The van der Waals surface area contributed by atoms with Crippen molar-refractivity contribution < 1.29 is 28.6 Å². The molecule has 6 nitrogen and oxygen atoms in total. The number of allylic oxidation sites excluding steroid dienone is 12. The van der Waals surface area contributed by atoms with Crippen molar-refractivity contribution in [3.05, 3.63) is 72.9 Å². The molecule has 1 atom stereocenters. The van der Waals surface area contributed by atoms with Crippen LogP contribution in [0.1, 0.15) is 271 Å². The first-order chi connectivity index (χ1) is 32.5. The highest BCUT2D eigenvalue weighted by Crippen LogP contribution is 2.15. The van der Waals surface area contributed by atoms with Crippen molar-refractivity contribution in [2.75, 3.05) is 13.2 Å². The van der Waals surface area contributed by atoms with Gasteiger partial charge >= 0.3 is 17.9 Å². The highest BCUT2D eigenvalue weighted by Gasteiger charge is 2.19. The first-order valence-corrected chi connectivity index (χ1v) is 28.0. The van der Waals surface area contributed by atoms with E-state index >= 15 is 0 Å². The van der Waals surface area contributed by atoms with Crippen LogP contribution >= 0.6 is 0 Å². The molecule has 66 heavy (non-hydrogen) atoms. The lowest BCUT2D eigenvalue weighted by Gasteiger charge is -2.18. The van der Waals surface area contributed by atoms with E-state index < -0.39 is 6.10 Å². The number of hydrogen-bond acceptors (Lipinski definition) is 6. The Balaban J connectivity index is 4.39. The summed E-state index contributed by atoms with van der Waals surface area (Å²) in [6, 6.07) is 0. The number of ether oxygens (including phenoxy) is 3. The van der Waals surface area contributed by atoms with Gasteiger partial charge in [-0.25, -0.2) is 0 Å². The average Bonchev–Trinajstić information content (AvgIpc) is 3.31. The maximum Gasteiger partial charge on any atom is 0.306 e. The second-order valence-corrected chi connectivity index (χ2v) is 18.5. The monoisotopic (exact) mass is 921 g/mol. The minimum atomic E-state index is -0.788. The van der Waals surface area contributed by atoms with Gasteiger partial charge < -0.3 is 14.2 Å². The largest absolute Gasteiger partial charge is 0.462 e. The fourth-order valence-electron chi connectivity index (χ4n) is 7.74. The van der Waals surface area contributed by atoms with E-state index in [1.54, 1.807) is 0 Å². The van der Waals surface area contributed by atoms with Crippen molar-refractivity contribution in [2.24, 2.45) is 0 Å². The molecule has 0 aliphatic carbocycles. The molecular weight excluding hydrogens is 817 g/mol. The van der Waals surface area contributed by atoms with Crippen LogP contribution in [0.2, 0.25) is 0 Å². The van der Waals surface area contributed by atoms with E-state index in [1.165, 1.54) is 141 Å². The van der Waals surface area contributed by atoms with Crippen LogP contribution in [0.25, 0.3) is 0 Å². The van der Waals surface area contributed by atoms with E-state index in [1.807, 2.05) is 0 Å². The van der Waals surface area contributed by atoms with Gasteiger partial charge in [0.15, 0.2) is 6.10 Å². The summed E-state index contributed by atoms with van der Waals surface area (Å²) in [5, 5.41) is 0. The smallest absolute Gasteiger partial charge is 0.306 e. The molecule has 380 valence electrons. The predicted octanol–water partition coefficient (Wildman–Crippen LogP) is 18.6. The maximum atomic E-state index is 12.8. The third-order valence-electron chi connectivity index (χ3n) is 11.9. The van der Waals surface area contributed by atoms with Crippen molar-refractivity contribution >= 4 is 17.9 Å². The lowest BCUT2D eigenvalue weighted by Crippen LogP contribution is -2.30. The number of rotatable bonds is 50. The molecule has 0 radical (unpaired) electrons. The zero-order valence-corrected chi connectivity index (χ0v) is 43.4. The van der Waals surface area contributed by atoms with Crippen molar-refractivity contribution in [1.29, 1.82) is 0 Å². The van der Waals surface area contributed by atoms with Gasteiger partial charge in [0, 0.05) is 19.3 Å². The summed E-state index contributed by atoms with van der Waals surface area (Å²) in [5.74, 6) is -0.910. The fraction of sp³-hybridized carbons (Fsp3) is 0.750. The van der Waals surface area contributed by atoms with Crippen molar-refractivity contribution in [3.8, 4) is 0 Å². The zero-order chi connectivity index (χ0) is 47.9. The molecule has 0 heterocycles. The van der Waals surface area contributed by atoms with E-state index in [9.17, 15) is 14.4 Å². The minimum absolute atomic E-state index is 0.0857. The molecule has 0 rings (SSSR count). The summed E-state index contributed by atoms with van der Waals surface area (Å²) >= 11 is 0. The van der Waals surface area contributed by atoms with E-state index in [4.69, 9.17) is 14.2 Å². The Morgan fingerprint density at radius 1 is 0.333 bits per heavy atom. The number of esters is 3. The molecule has 0 spiro atoms. The van der Waals surface area contributed by atoms with Crippen LogP contribution in [-0.4, -0.2) is 37.2 Å². The Labute approximate surface area is 408 Å². The molecule has 0 amide bonds. The Hall–Kier alpha value is -3.15. The molecule has 0 aliphatic heterocycles. The lowest BCUT2D eigenvalue weighted by molar-refractivity contribution is -0.167. The number of unbranched alkanes of at least 4 members (excludes halogenated alkanes) is 28. The maximum absolute atomic E-state index is 12.8. The van der Waals surface area contributed by atoms with Gasteiger partial charge in [-0.1, -0.05) is 222 Å². The highest BCUT2D eigenvalue weighted by molar-refractivity contribution is 5.71. The van der Waals surface area contributed by atoms with Gasteiger partial charge in [-0.15, -0.1) is 0 Å². The van der Waals surface area contributed by atoms with Gasteiger partial charge in [0.25, 0.3) is 0 Å². The van der Waals surface area contributed by atoms with Gasteiger partial charge in [0.2, 0.25) is 0 Å². The Bertz CT molecular complexity index is 1240. The van der Waals surface area contributed by atoms with Crippen molar-refractivity contribution in [2.45, 2.75) is 277 Å². The number of hydrogen-bond donors (Lipinski definition) is 0. The van der Waals surface area contributed by atoms with E-state index in [2.05, 4.69) is 93.7 Å². The quantitative estimate of drug-likeness (QED) is 0.0199. The fourth-order valence-corrected chi connectivity index (χ4v) is 7.74. The molecule has 0 aromatic heterocycles. The van der Waals surface area contributed by atoms with Crippen LogP contribution < -0.4 is 0 Å². The zero-order valence-electron chi connectivity index (χ0n) is 43.4. The first-order valence-electron chi connectivity index (χ1n) is 28.0. The summed E-state index contributed by atoms with van der Waals surface area (Å²) in [6.07, 6.45) is 68.8. The van der Waals surface area contributed by atoms with Crippen LogP contribution in [0.15, 0.2) is 72.9 Å². The molecule has 6 heteroatoms. The second kappa shape index (κ2) is 54.5. The summed E-state index contributed by atoms with van der Waals surface area (Å²) < 4.78 is 16.8. The number of carbonyl (C=O) groups is 3. The van der Waals surface area contributed by atoms with Gasteiger partial charge in [-0.05, 0) is 103 Å². The van der Waals surface area contributed by atoms with E-state index in [0.717, 1.165) is 89.9 Å². The topological polar surface area (TPSA) is 78.9 Å². The number of carbonyl (C=O) groups excluding carboxylic acids is 3. The van der Waals surface area contributed by atoms with Gasteiger partial charge in [0.1, 0.15) is 13.2 Å². The summed E-state index contributed by atoms with van der Waals surface area (Å²) in [4.78, 5) is 38.1. The molecule has 0 aromatic carbocycles. The molecule has 0 bridgehead atoms. The summed E-state index contributed by atoms with van der Waals surface area (Å²) in [5.41, 5.74) is 0. The van der Waals surface area contributed by atoms with Crippen molar-refractivity contribution in [1.82, 2.24) is 0 Å². The first kappa shape index (κ1) is 62.8. The Morgan fingerprint density at radius 2 is 0.636 bits per heavy atom. The van der Waals surface area contributed by atoms with Gasteiger partial charge in [0.05, 0.1) is 0 Å². The van der Waals surface area contributed by atoms with Gasteiger partial charge in [-0.2, -0.15) is 0 Å². The lowest BCUT2D eigenvalue weighted by atomic mass is 10.1. The molecule has 1 unspecified atom stereocenters. The van der Waals surface area contributed by atoms with Gasteiger partial charge in [-0.3, -0.25) is 14.4 Å². The van der Waals surface area contributed by atoms with Crippen LogP contribution in [0.5, 0.6) is 0 Å². The highest BCUT2D eigenvalue weighted by atomic mass is 16.6. The normalized spacial score (nSPS) is 12.6. The molecule has 0 N–H and O–H groups in total. The second-order valence-electron chi connectivity index (χ2n) is 18.5.